The van der Waals surface area contributed by atoms with Gasteiger partial charge in [-0.15, -0.1) is 0 Å². The highest BCUT2D eigenvalue weighted by molar-refractivity contribution is 4.91. The fourth-order valence-electron chi connectivity index (χ4n) is 1.55. The lowest BCUT2D eigenvalue weighted by Gasteiger charge is -2.33. The van der Waals surface area contributed by atoms with Crippen LogP contribution in [0.25, 0.3) is 0 Å². The molecule has 0 amide bonds. The number of piperidine rings is 1. The number of hydrogen-bond acceptors (Lipinski definition) is 2. The quantitative estimate of drug-likeness (QED) is 0.647. The Balaban J connectivity index is 2.30. The lowest BCUT2D eigenvalue weighted by molar-refractivity contribution is 0.231. The van der Waals surface area contributed by atoms with Crippen LogP contribution in [-0.2, 0) is 0 Å². The van der Waals surface area contributed by atoms with Gasteiger partial charge in [0.1, 0.15) is 0 Å². The van der Waals surface area contributed by atoms with Gasteiger partial charge in [0.05, 0.1) is 0 Å². The van der Waals surface area contributed by atoms with Crippen LogP contribution < -0.4 is 5.73 Å². The number of allylic oxidation sites excluding steroid dienone is 1. The predicted molar refractivity (Wildman–Crippen MR) is 48.2 cm³/mol. The molecule has 0 spiro atoms. The molecular weight excluding hydrogens is 136 g/mol. The third-order valence-electron chi connectivity index (χ3n) is 2.49. The number of hydrogen-bond donors (Lipinski definition) is 1. The van der Waals surface area contributed by atoms with E-state index in [1.165, 1.54) is 18.5 Å². The molecule has 2 N–H and O–H groups in total. The van der Waals surface area contributed by atoms with Gasteiger partial charge < -0.3 is 10.6 Å². The van der Waals surface area contributed by atoms with Crippen molar-refractivity contribution in [3.63, 3.8) is 0 Å². The van der Waals surface area contributed by atoms with E-state index in [0.717, 1.165) is 25.6 Å². The Kier molecular flexibility index (Phi) is 2.94. The summed E-state index contributed by atoms with van der Waals surface area (Å²) in [6.45, 7) is 9.15. The van der Waals surface area contributed by atoms with Crippen molar-refractivity contribution in [2.75, 3.05) is 19.6 Å². The van der Waals surface area contributed by atoms with Crippen molar-refractivity contribution in [2.24, 2.45) is 11.7 Å². The number of likely N-dealkylation sites (tertiary alicyclic amines) is 1. The maximum absolute atomic E-state index is 5.58. The van der Waals surface area contributed by atoms with Crippen molar-refractivity contribution in [3.8, 4) is 0 Å². The molecule has 1 aliphatic heterocycles. The third kappa shape index (κ3) is 2.22. The standard InChI is InChI=1S/C9H18N2/c1-8(2)11-5-3-9(7-10)4-6-11/h9H,1,3-7,10H2,2H3. The molecule has 0 aliphatic carbocycles. The second-order valence-electron chi connectivity index (χ2n) is 3.40. The fraction of sp³-hybridized carbons (Fsp3) is 0.778. The van der Waals surface area contributed by atoms with E-state index in [2.05, 4.69) is 18.4 Å². The molecule has 0 radical (unpaired) electrons. The molecule has 0 aromatic heterocycles. The smallest absolute Gasteiger partial charge is 0.0177 e. The first-order valence-corrected chi connectivity index (χ1v) is 4.34. The van der Waals surface area contributed by atoms with E-state index in [1.54, 1.807) is 0 Å². The maximum Gasteiger partial charge on any atom is 0.0177 e. The molecule has 0 atom stereocenters. The summed E-state index contributed by atoms with van der Waals surface area (Å²) < 4.78 is 0. The molecule has 2 heteroatoms. The van der Waals surface area contributed by atoms with Gasteiger partial charge in [-0.2, -0.15) is 0 Å². The van der Waals surface area contributed by atoms with Gasteiger partial charge in [0, 0.05) is 18.8 Å². The second-order valence-corrected chi connectivity index (χ2v) is 3.40. The summed E-state index contributed by atoms with van der Waals surface area (Å²) in [5.74, 6) is 0.755. The summed E-state index contributed by atoms with van der Waals surface area (Å²) in [7, 11) is 0. The molecule has 1 saturated heterocycles. The van der Waals surface area contributed by atoms with Crippen LogP contribution in [0.2, 0.25) is 0 Å². The molecule has 0 aromatic carbocycles. The predicted octanol–water partition coefficient (Wildman–Crippen LogP) is 1.19. The molecule has 0 bridgehead atoms. The topological polar surface area (TPSA) is 29.3 Å². The van der Waals surface area contributed by atoms with Crippen LogP contribution in [-0.4, -0.2) is 24.5 Å². The summed E-state index contributed by atoms with van der Waals surface area (Å²) in [4.78, 5) is 2.34. The summed E-state index contributed by atoms with van der Waals surface area (Å²) >= 11 is 0. The monoisotopic (exact) mass is 154 g/mol. The largest absolute Gasteiger partial charge is 0.376 e. The molecule has 1 rings (SSSR count). The highest BCUT2D eigenvalue weighted by Gasteiger charge is 2.16. The molecule has 0 unspecified atom stereocenters. The first kappa shape index (κ1) is 8.60. The minimum atomic E-state index is 0.755. The van der Waals surface area contributed by atoms with Crippen LogP contribution in [0.4, 0.5) is 0 Å². The van der Waals surface area contributed by atoms with Gasteiger partial charge in [-0.05, 0) is 32.2 Å². The van der Waals surface area contributed by atoms with E-state index in [0.29, 0.717) is 0 Å². The molecule has 11 heavy (non-hydrogen) atoms. The van der Waals surface area contributed by atoms with Crippen LogP contribution in [0, 0.1) is 5.92 Å². The number of nitrogens with zero attached hydrogens (tertiary/aromatic N) is 1. The summed E-state index contributed by atoms with van der Waals surface area (Å²) in [5.41, 5.74) is 6.78. The molecule has 1 fully saturated rings. The Labute approximate surface area is 69.1 Å². The first-order chi connectivity index (χ1) is 5.24. The van der Waals surface area contributed by atoms with Gasteiger partial charge in [-0.1, -0.05) is 6.58 Å². The highest BCUT2D eigenvalue weighted by Crippen LogP contribution is 2.17. The van der Waals surface area contributed by atoms with E-state index in [4.69, 9.17) is 5.73 Å². The molecule has 1 heterocycles. The lowest BCUT2D eigenvalue weighted by Crippen LogP contribution is -2.34. The average Bonchev–Trinajstić information content (AvgIpc) is 2.05. The van der Waals surface area contributed by atoms with Crippen molar-refractivity contribution >= 4 is 0 Å². The fourth-order valence-corrected chi connectivity index (χ4v) is 1.55. The van der Waals surface area contributed by atoms with Gasteiger partial charge in [0.25, 0.3) is 0 Å². The number of nitrogens with two attached hydrogens (primary N) is 1. The maximum atomic E-state index is 5.58. The summed E-state index contributed by atoms with van der Waals surface area (Å²) in [6.07, 6.45) is 2.48. The van der Waals surface area contributed by atoms with E-state index >= 15 is 0 Å². The van der Waals surface area contributed by atoms with Crippen molar-refractivity contribution < 1.29 is 0 Å². The highest BCUT2D eigenvalue weighted by atomic mass is 15.1. The minimum absolute atomic E-state index is 0.755. The van der Waals surface area contributed by atoms with Gasteiger partial charge >= 0.3 is 0 Å². The molecule has 0 aromatic rings. The third-order valence-corrected chi connectivity index (χ3v) is 2.49. The van der Waals surface area contributed by atoms with E-state index < -0.39 is 0 Å². The second kappa shape index (κ2) is 3.77. The first-order valence-electron chi connectivity index (χ1n) is 4.34. The van der Waals surface area contributed by atoms with Gasteiger partial charge in [-0.3, -0.25) is 0 Å². The molecule has 64 valence electrons. The molecule has 2 nitrogen and oxygen atoms in total. The Morgan fingerprint density at radius 1 is 1.55 bits per heavy atom. The zero-order valence-corrected chi connectivity index (χ0v) is 7.34. The van der Waals surface area contributed by atoms with Crippen molar-refractivity contribution in [2.45, 2.75) is 19.8 Å². The Bertz CT molecular complexity index is 134. The van der Waals surface area contributed by atoms with E-state index in [1.807, 2.05) is 0 Å². The Hall–Kier alpha value is -0.500. The van der Waals surface area contributed by atoms with E-state index in [-0.39, 0.29) is 0 Å². The Morgan fingerprint density at radius 2 is 2.09 bits per heavy atom. The van der Waals surface area contributed by atoms with Crippen LogP contribution in [0.15, 0.2) is 12.3 Å². The van der Waals surface area contributed by atoms with E-state index in [9.17, 15) is 0 Å². The van der Waals surface area contributed by atoms with Crippen molar-refractivity contribution in [1.82, 2.24) is 4.90 Å². The normalized spacial score (nSPS) is 20.4. The molecular formula is C9H18N2. The minimum Gasteiger partial charge on any atom is -0.376 e. The molecule has 0 saturated carbocycles. The van der Waals surface area contributed by atoms with Crippen LogP contribution >= 0.6 is 0 Å². The average molecular weight is 154 g/mol. The van der Waals surface area contributed by atoms with Crippen LogP contribution in [0.1, 0.15) is 19.8 Å². The SMILES string of the molecule is C=C(C)N1CCC(CN)CC1. The van der Waals surface area contributed by atoms with Crippen molar-refractivity contribution in [3.05, 3.63) is 12.3 Å². The van der Waals surface area contributed by atoms with Gasteiger partial charge in [0.2, 0.25) is 0 Å². The van der Waals surface area contributed by atoms with Gasteiger partial charge in [0.15, 0.2) is 0 Å². The summed E-state index contributed by atoms with van der Waals surface area (Å²) in [6, 6.07) is 0. The molecule has 1 aliphatic rings. The number of rotatable bonds is 2. The van der Waals surface area contributed by atoms with Crippen LogP contribution in [0.3, 0.4) is 0 Å². The Morgan fingerprint density at radius 3 is 2.45 bits per heavy atom. The van der Waals surface area contributed by atoms with Crippen molar-refractivity contribution in [1.29, 1.82) is 0 Å². The lowest BCUT2D eigenvalue weighted by atomic mass is 9.97. The van der Waals surface area contributed by atoms with Gasteiger partial charge in [-0.25, -0.2) is 0 Å². The zero-order valence-electron chi connectivity index (χ0n) is 7.34. The van der Waals surface area contributed by atoms with Crippen LogP contribution in [0.5, 0.6) is 0 Å². The summed E-state index contributed by atoms with van der Waals surface area (Å²) in [5, 5.41) is 0. The zero-order chi connectivity index (χ0) is 8.27.